The summed E-state index contributed by atoms with van der Waals surface area (Å²) >= 11 is 0. The molecule has 25 N–H and O–H groups in total. The Morgan fingerprint density at radius 2 is 0.846 bits per heavy atom. The predicted octanol–water partition coefficient (Wildman–Crippen LogP) is -4.29. The third-order valence-corrected chi connectivity index (χ3v) is 17.0. The van der Waals surface area contributed by atoms with E-state index < -0.39 is 174 Å². The Hall–Kier alpha value is -9.94. The van der Waals surface area contributed by atoms with Crippen LogP contribution in [-0.2, 0) is 73.5 Å². The molecule has 2 aliphatic heterocycles. The smallest absolute Gasteiger partial charge is 0.326 e. The number of nitrogens with zero attached hydrogens (tertiary/aromatic N) is 4. The molecule has 0 spiro atoms. The highest BCUT2D eigenvalue weighted by molar-refractivity contribution is 6.01. The van der Waals surface area contributed by atoms with Crippen molar-refractivity contribution < 1.29 is 87.5 Å². The van der Waals surface area contributed by atoms with Crippen molar-refractivity contribution in [2.45, 2.75) is 237 Å². The number of phenolic OH excluding ortho intramolecular Hbond substituents is 1. The van der Waals surface area contributed by atoms with Gasteiger partial charge < -0.3 is 112 Å². The van der Waals surface area contributed by atoms with Crippen LogP contribution in [0.25, 0.3) is 0 Å². The molecule has 1 aromatic rings. The number of rotatable bonds is 44. The highest BCUT2D eigenvalue weighted by Gasteiger charge is 2.44. The number of aliphatic carboxylic acids is 2. The number of aromatic hydroxyl groups is 1. The molecule has 0 unspecified atom stereocenters. The van der Waals surface area contributed by atoms with E-state index in [1.165, 1.54) is 34.1 Å². The fourth-order valence-electron chi connectivity index (χ4n) is 11.9. The number of carbonyl (C=O) groups excluding carboxylic acids is 12. The molecular weight excluding hydrogens is 1360 g/mol. The van der Waals surface area contributed by atoms with E-state index in [-0.39, 0.29) is 138 Å². The molecule has 12 amide bonds. The molecular formula is C67H111N19O18. The van der Waals surface area contributed by atoms with Crippen LogP contribution in [0.4, 0.5) is 0 Å². The molecule has 0 aromatic heterocycles. The number of likely N-dealkylation sites (tertiary alicyclic amines) is 2. The standard InChI is InChI=1S/C67H111N19O18/c1-33(2)26-42(77-54(92)40(68)14-10-22-74-66(70)71)55(93)78-43(27-34(3)4)56(94)79-46(32-52(90)91)59(97)84-53(37(9)87)62(100)81-45(31-51(69)89)58(96)76-41(15-11-23-75-67(72)73)63(101)85-24-12-16-49(85)60(98)80-44(28-35(5)6)57(95)82-47(29-36(7)8)64(102)86-25-13-17-50(86)61(99)83-48(65(103)104)30-38-18-20-39(88)21-19-38/h18-21,33-37,40-50,53,87-88H,10-17,22-32,68H2,1-9H3,(H2,69,89)(H,76,96)(H,77,92)(H,78,93)(H,79,94)(H,80,98)(H,81,100)(H,82,95)(H,83,99)(H,84,97)(H,90,91)(H,103,104)(H4,70,71,74)(H4,72,73,75)/t37-,40+,41+,42+,43+,44+,45+,46+,47+,48+,49+,50+,53+/m1/s1. The molecule has 0 bridgehead atoms. The number of hydrogen-bond acceptors (Lipinski definition) is 19. The average Bonchev–Trinajstić information content (AvgIpc) is 1.60. The number of hydrogen-bond donors (Lipinski definition) is 19. The van der Waals surface area contributed by atoms with Crippen molar-refractivity contribution in [3.8, 4) is 5.75 Å². The first-order valence-electron chi connectivity index (χ1n) is 35.1. The number of carboxylic acid groups (broad SMARTS) is 2. The van der Waals surface area contributed by atoms with E-state index in [0.717, 1.165) is 6.92 Å². The monoisotopic (exact) mass is 1470 g/mol. The number of nitrogens with one attached hydrogen (secondary N) is 9. The van der Waals surface area contributed by atoms with Crippen molar-refractivity contribution in [1.29, 1.82) is 0 Å². The van der Waals surface area contributed by atoms with Crippen molar-refractivity contribution in [1.82, 2.24) is 57.7 Å². The number of aliphatic hydroxyl groups excluding tert-OH is 1. The van der Waals surface area contributed by atoms with Gasteiger partial charge in [0.05, 0.1) is 25.0 Å². The van der Waals surface area contributed by atoms with Gasteiger partial charge in [0.25, 0.3) is 0 Å². The highest BCUT2D eigenvalue weighted by Crippen LogP contribution is 2.24. The Morgan fingerprint density at radius 1 is 0.471 bits per heavy atom. The molecule has 104 heavy (non-hydrogen) atoms. The van der Waals surface area contributed by atoms with Gasteiger partial charge in [0, 0.05) is 32.6 Å². The summed E-state index contributed by atoms with van der Waals surface area (Å²) in [7, 11) is 0. The Morgan fingerprint density at radius 3 is 1.29 bits per heavy atom. The van der Waals surface area contributed by atoms with E-state index in [2.05, 4.69) is 57.8 Å². The van der Waals surface area contributed by atoms with Gasteiger partial charge in [0.1, 0.15) is 72.2 Å². The van der Waals surface area contributed by atoms with Gasteiger partial charge in [-0.2, -0.15) is 0 Å². The third-order valence-electron chi connectivity index (χ3n) is 17.0. The van der Waals surface area contributed by atoms with E-state index in [1.807, 2.05) is 13.8 Å². The quantitative estimate of drug-likeness (QED) is 0.0167. The van der Waals surface area contributed by atoms with E-state index in [1.54, 1.807) is 41.5 Å². The summed E-state index contributed by atoms with van der Waals surface area (Å²) in [6.07, 6.45) is -2.75. The lowest BCUT2D eigenvalue weighted by Gasteiger charge is -2.32. The minimum atomic E-state index is -2.06. The summed E-state index contributed by atoms with van der Waals surface area (Å²) < 4.78 is 0. The maximum atomic E-state index is 14.8. The minimum absolute atomic E-state index is 0.0109. The Bertz CT molecular complexity index is 3200. The Kier molecular flexibility index (Phi) is 36.7. The van der Waals surface area contributed by atoms with E-state index in [9.17, 15) is 87.5 Å². The van der Waals surface area contributed by atoms with Crippen LogP contribution >= 0.6 is 0 Å². The number of aliphatic imine (C=N–C) groups is 2. The number of aliphatic hydroxyl groups is 1. The lowest BCUT2D eigenvalue weighted by molar-refractivity contribution is -0.145. The van der Waals surface area contributed by atoms with E-state index in [4.69, 9.17) is 34.4 Å². The molecule has 0 saturated carbocycles. The maximum absolute atomic E-state index is 14.8. The summed E-state index contributed by atoms with van der Waals surface area (Å²) in [5.74, 6) is -15.7. The zero-order valence-electron chi connectivity index (χ0n) is 60.8. The third kappa shape index (κ3) is 30.6. The summed E-state index contributed by atoms with van der Waals surface area (Å²) in [6.45, 7) is 15.3. The van der Waals surface area contributed by atoms with Crippen LogP contribution in [0.1, 0.15) is 158 Å². The van der Waals surface area contributed by atoms with Crippen LogP contribution in [0.2, 0.25) is 0 Å². The van der Waals surface area contributed by atoms with Gasteiger partial charge in [-0.05, 0) is 125 Å². The summed E-state index contributed by atoms with van der Waals surface area (Å²) in [6, 6.07) is -11.8. The molecule has 0 radical (unpaired) electrons. The number of carboxylic acids is 2. The van der Waals surface area contributed by atoms with Crippen LogP contribution in [0, 0.1) is 23.7 Å². The second-order valence-corrected chi connectivity index (χ2v) is 28.1. The van der Waals surface area contributed by atoms with Crippen LogP contribution in [-0.4, -0.2) is 230 Å². The van der Waals surface area contributed by atoms with Gasteiger partial charge in [-0.1, -0.05) is 67.5 Å². The topological polar surface area (TPSA) is 615 Å². The van der Waals surface area contributed by atoms with Crippen LogP contribution in [0.15, 0.2) is 34.3 Å². The number of primary amides is 1. The lowest BCUT2D eigenvalue weighted by Crippen LogP contribution is -2.62. The van der Waals surface area contributed by atoms with Gasteiger partial charge in [0.2, 0.25) is 70.9 Å². The number of nitrogens with two attached hydrogens (primary N) is 6. The molecule has 2 saturated heterocycles. The van der Waals surface area contributed by atoms with E-state index in [0.29, 0.717) is 18.4 Å². The molecule has 0 aliphatic carbocycles. The normalized spacial score (nSPS) is 17.4. The second kappa shape index (κ2) is 43.2. The molecule has 3 rings (SSSR count). The first-order chi connectivity index (χ1) is 48.7. The van der Waals surface area contributed by atoms with Gasteiger partial charge in [-0.15, -0.1) is 0 Å². The number of phenols is 1. The van der Waals surface area contributed by atoms with Crippen LogP contribution in [0.5, 0.6) is 5.75 Å². The first kappa shape index (κ1) is 88.3. The van der Waals surface area contributed by atoms with Crippen molar-refractivity contribution in [2.75, 3.05) is 26.2 Å². The van der Waals surface area contributed by atoms with Gasteiger partial charge in [-0.3, -0.25) is 72.3 Å². The van der Waals surface area contributed by atoms with Crippen molar-refractivity contribution in [3.05, 3.63) is 29.8 Å². The van der Waals surface area contributed by atoms with E-state index >= 15 is 0 Å². The van der Waals surface area contributed by atoms with Gasteiger partial charge >= 0.3 is 11.9 Å². The molecule has 582 valence electrons. The highest BCUT2D eigenvalue weighted by atomic mass is 16.4. The SMILES string of the molecule is CC(C)C[C@H](NC(=O)[C@H](CC(C)C)NC(=O)[C@@H](N)CCCN=C(N)N)C(=O)N[C@@H](CC(=O)O)C(=O)N[C@H](C(=O)N[C@@H](CC(N)=O)C(=O)N[C@@H](CCCN=C(N)N)C(=O)N1CCC[C@H]1C(=O)N[C@@H](CC(C)C)C(=O)N[C@@H](CC(C)C)C(=O)N1CCC[C@H]1C(=O)N[C@@H](Cc1ccc(O)cc1)C(=O)O)[C@@H](C)O. The minimum Gasteiger partial charge on any atom is -0.508 e. The van der Waals surface area contributed by atoms with Crippen molar-refractivity contribution in [3.63, 3.8) is 0 Å². The molecule has 37 nitrogen and oxygen atoms in total. The first-order valence-corrected chi connectivity index (χ1v) is 35.1. The van der Waals surface area contributed by atoms with Crippen molar-refractivity contribution >= 4 is 94.7 Å². The molecule has 2 heterocycles. The number of carbonyl (C=O) groups is 14. The predicted molar refractivity (Wildman–Crippen MR) is 380 cm³/mol. The zero-order chi connectivity index (χ0) is 78.4. The summed E-state index contributed by atoms with van der Waals surface area (Å²) in [5.41, 5.74) is 34.0. The lowest BCUT2D eigenvalue weighted by atomic mass is 9.99. The molecule has 2 aliphatic rings. The largest absolute Gasteiger partial charge is 0.508 e. The number of benzene rings is 1. The van der Waals surface area contributed by atoms with Crippen LogP contribution in [0.3, 0.4) is 0 Å². The Balaban J connectivity index is 1.88. The molecule has 13 atom stereocenters. The van der Waals surface area contributed by atoms with Crippen LogP contribution < -0.4 is 82.3 Å². The number of guanidine groups is 2. The molecule has 1 aromatic carbocycles. The fourth-order valence-corrected chi connectivity index (χ4v) is 11.9. The second-order valence-electron chi connectivity index (χ2n) is 28.1. The average molecular weight is 1470 g/mol. The molecule has 2 fully saturated rings. The fraction of sp³-hybridized carbons (Fsp3) is 0.672. The van der Waals surface area contributed by atoms with Gasteiger partial charge in [-0.25, -0.2) is 4.79 Å². The molecule has 37 heteroatoms. The zero-order valence-corrected chi connectivity index (χ0v) is 60.8. The van der Waals surface area contributed by atoms with Gasteiger partial charge in [0.15, 0.2) is 11.9 Å². The Labute approximate surface area is 604 Å². The maximum Gasteiger partial charge on any atom is 0.326 e. The number of amides is 12. The van der Waals surface area contributed by atoms with Crippen molar-refractivity contribution in [2.24, 2.45) is 68.1 Å². The summed E-state index contributed by atoms with van der Waals surface area (Å²) in [4.78, 5) is 203. The summed E-state index contributed by atoms with van der Waals surface area (Å²) in [5, 5.41) is 63.1.